The van der Waals surface area contributed by atoms with Crippen molar-refractivity contribution < 1.29 is 14.5 Å². The van der Waals surface area contributed by atoms with E-state index in [4.69, 9.17) is 0 Å². The van der Waals surface area contributed by atoms with Crippen LogP contribution in [0, 0.1) is 11.8 Å². The Balaban J connectivity index is 1.36. The number of thiophene rings is 1. The minimum Gasteiger partial charge on any atom is -0.323 e. The van der Waals surface area contributed by atoms with Crippen LogP contribution in [0.4, 0.5) is 4.79 Å². The van der Waals surface area contributed by atoms with Gasteiger partial charge in [-0.2, -0.15) is 0 Å². The van der Waals surface area contributed by atoms with Gasteiger partial charge in [-0.05, 0) is 55.9 Å². The molecule has 140 valence electrons. The van der Waals surface area contributed by atoms with Crippen molar-refractivity contribution in [1.82, 2.24) is 10.2 Å². The van der Waals surface area contributed by atoms with E-state index in [0.29, 0.717) is 18.6 Å². The molecule has 5 rings (SSSR count). The third-order valence-corrected chi connectivity index (χ3v) is 8.05. The zero-order valence-corrected chi connectivity index (χ0v) is 16.2. The van der Waals surface area contributed by atoms with Crippen LogP contribution in [0.25, 0.3) is 0 Å². The van der Waals surface area contributed by atoms with Crippen molar-refractivity contribution in [2.45, 2.75) is 63.5 Å². The molecule has 3 fully saturated rings. The van der Waals surface area contributed by atoms with E-state index >= 15 is 0 Å². The van der Waals surface area contributed by atoms with Crippen LogP contribution in [0.1, 0.15) is 61.9 Å². The second kappa shape index (κ2) is 6.06. The zero-order chi connectivity index (χ0) is 17.9. The van der Waals surface area contributed by atoms with Crippen molar-refractivity contribution in [3.63, 3.8) is 0 Å². The number of hydrogen-bond donors (Lipinski definition) is 2. The topological polar surface area (TPSA) is 53.9 Å². The summed E-state index contributed by atoms with van der Waals surface area (Å²) in [5, 5.41) is 5.28. The Morgan fingerprint density at radius 1 is 1.27 bits per heavy atom. The van der Waals surface area contributed by atoms with E-state index in [2.05, 4.69) is 23.7 Å². The molecule has 2 saturated carbocycles. The molecule has 0 radical (unpaired) electrons. The molecule has 1 spiro atoms. The lowest BCUT2D eigenvalue weighted by Crippen LogP contribution is -3.15. The average Bonchev–Trinajstić information content (AvgIpc) is 3.31. The summed E-state index contributed by atoms with van der Waals surface area (Å²) in [5.41, 5.74) is 0.869. The number of rotatable bonds is 3. The minimum absolute atomic E-state index is 0.0348. The molecule has 2 aliphatic carbocycles. The third-order valence-electron chi connectivity index (χ3n) is 7.06. The van der Waals surface area contributed by atoms with E-state index < -0.39 is 5.54 Å². The Morgan fingerprint density at radius 3 is 2.77 bits per heavy atom. The minimum atomic E-state index is -0.610. The Labute approximate surface area is 158 Å². The van der Waals surface area contributed by atoms with Crippen molar-refractivity contribution in [2.75, 3.05) is 13.2 Å². The van der Waals surface area contributed by atoms with Gasteiger partial charge in [-0.1, -0.05) is 6.92 Å². The van der Waals surface area contributed by atoms with E-state index in [1.54, 1.807) is 0 Å². The summed E-state index contributed by atoms with van der Waals surface area (Å²) >= 11 is 1.86. The highest BCUT2D eigenvalue weighted by molar-refractivity contribution is 7.10. The van der Waals surface area contributed by atoms with Gasteiger partial charge in [0.05, 0.1) is 6.54 Å². The third kappa shape index (κ3) is 2.61. The van der Waals surface area contributed by atoms with Gasteiger partial charge in [0.15, 0.2) is 6.67 Å². The normalized spacial score (nSPS) is 37.1. The highest BCUT2D eigenvalue weighted by Gasteiger charge is 2.54. The smallest absolute Gasteiger partial charge is 0.323 e. The number of carbonyl (C=O) groups excluding carboxylic acids is 2. The number of quaternary nitrogens is 1. The quantitative estimate of drug-likeness (QED) is 0.796. The average molecular weight is 375 g/mol. The van der Waals surface area contributed by atoms with Crippen molar-refractivity contribution in [2.24, 2.45) is 11.8 Å². The first-order chi connectivity index (χ1) is 12.6. The molecule has 1 aromatic heterocycles. The number of nitrogens with zero attached hydrogens (tertiary/aromatic N) is 1. The zero-order valence-electron chi connectivity index (χ0n) is 15.4. The molecule has 4 aliphatic rings. The van der Waals surface area contributed by atoms with Gasteiger partial charge < -0.3 is 10.2 Å². The fraction of sp³-hybridized carbons (Fsp3) is 0.700. The lowest BCUT2D eigenvalue weighted by molar-refractivity contribution is -0.943. The van der Waals surface area contributed by atoms with Crippen molar-refractivity contribution in [1.29, 1.82) is 0 Å². The molecule has 2 N–H and O–H groups in total. The molecule has 6 heteroatoms. The van der Waals surface area contributed by atoms with Crippen LogP contribution in [0.3, 0.4) is 0 Å². The van der Waals surface area contributed by atoms with Gasteiger partial charge in [0.1, 0.15) is 11.6 Å². The lowest BCUT2D eigenvalue weighted by Gasteiger charge is -2.36. The summed E-state index contributed by atoms with van der Waals surface area (Å²) in [6, 6.07) is 2.58. The molecule has 2 aliphatic heterocycles. The monoisotopic (exact) mass is 374 g/mol. The van der Waals surface area contributed by atoms with Gasteiger partial charge in [0, 0.05) is 22.8 Å². The predicted octanol–water partition coefficient (Wildman–Crippen LogP) is 2.10. The molecule has 1 unspecified atom stereocenters. The summed E-state index contributed by atoms with van der Waals surface area (Å²) < 4.78 is 0. The molecular formula is C20H28N3O2S+. The number of carbonyl (C=O) groups is 2. The first-order valence-corrected chi connectivity index (χ1v) is 11.0. The molecule has 3 heterocycles. The molecule has 5 nitrogen and oxygen atoms in total. The summed E-state index contributed by atoms with van der Waals surface area (Å²) in [6.45, 7) is 3.79. The van der Waals surface area contributed by atoms with Crippen LogP contribution in [0.15, 0.2) is 11.4 Å². The van der Waals surface area contributed by atoms with Crippen LogP contribution < -0.4 is 10.2 Å². The molecule has 0 aromatic carbocycles. The van der Waals surface area contributed by atoms with E-state index in [1.807, 2.05) is 11.3 Å². The van der Waals surface area contributed by atoms with Gasteiger partial charge >= 0.3 is 6.03 Å². The lowest BCUT2D eigenvalue weighted by atomic mass is 9.77. The predicted molar refractivity (Wildman–Crippen MR) is 99.9 cm³/mol. The maximum absolute atomic E-state index is 13.2. The Hall–Kier alpha value is -1.40. The van der Waals surface area contributed by atoms with Gasteiger partial charge in [0.2, 0.25) is 0 Å². The number of imide groups is 1. The standard InChI is InChI=1S/C20H27N3O2S/c1-13-4-8-20(9-5-13)18(24)23(19(25)21-20)12-22-10-6-16-15(7-11-26-16)17(22)14-2-3-14/h7,11,13-14,17H,2-6,8-10,12H2,1H3,(H,21,25)/p+1/t13?,17-,20?/m1/s1. The van der Waals surface area contributed by atoms with E-state index in [0.717, 1.165) is 44.6 Å². The van der Waals surface area contributed by atoms with Crippen LogP contribution in [-0.4, -0.2) is 35.6 Å². The Bertz CT molecular complexity index is 733. The Kier molecular flexibility index (Phi) is 3.90. The van der Waals surface area contributed by atoms with Crippen LogP contribution in [-0.2, 0) is 11.2 Å². The van der Waals surface area contributed by atoms with Crippen LogP contribution >= 0.6 is 11.3 Å². The fourth-order valence-corrected chi connectivity index (χ4v) is 6.22. The van der Waals surface area contributed by atoms with Gasteiger partial charge in [-0.3, -0.25) is 4.79 Å². The first kappa shape index (κ1) is 16.8. The van der Waals surface area contributed by atoms with Crippen LogP contribution in [0.5, 0.6) is 0 Å². The van der Waals surface area contributed by atoms with Gasteiger partial charge in [0.25, 0.3) is 5.91 Å². The molecule has 26 heavy (non-hydrogen) atoms. The summed E-state index contributed by atoms with van der Waals surface area (Å²) in [6.07, 6.45) is 7.28. The van der Waals surface area contributed by atoms with Crippen molar-refractivity contribution in [3.8, 4) is 0 Å². The number of urea groups is 1. The highest BCUT2D eigenvalue weighted by Crippen LogP contribution is 2.43. The van der Waals surface area contributed by atoms with Crippen molar-refractivity contribution in [3.05, 3.63) is 21.9 Å². The highest BCUT2D eigenvalue weighted by atomic mass is 32.1. The largest absolute Gasteiger partial charge is 0.329 e. The van der Waals surface area contributed by atoms with E-state index in [1.165, 1.54) is 33.1 Å². The van der Waals surface area contributed by atoms with Gasteiger partial charge in [-0.25, -0.2) is 9.69 Å². The number of hydrogen-bond acceptors (Lipinski definition) is 3. The second-order valence-corrected chi connectivity index (χ2v) is 9.86. The van der Waals surface area contributed by atoms with E-state index in [9.17, 15) is 9.59 Å². The van der Waals surface area contributed by atoms with E-state index in [-0.39, 0.29) is 11.9 Å². The maximum atomic E-state index is 13.2. The number of nitrogens with one attached hydrogen (secondary N) is 2. The number of amides is 3. The Morgan fingerprint density at radius 2 is 2.04 bits per heavy atom. The summed E-state index contributed by atoms with van der Waals surface area (Å²) in [5.74, 6) is 1.42. The molecule has 1 aromatic rings. The van der Waals surface area contributed by atoms with Crippen molar-refractivity contribution >= 4 is 23.3 Å². The molecule has 0 bridgehead atoms. The fourth-order valence-electron chi connectivity index (χ4n) is 5.29. The van der Waals surface area contributed by atoms with Crippen LogP contribution in [0.2, 0.25) is 0 Å². The molecular weight excluding hydrogens is 346 g/mol. The second-order valence-electron chi connectivity index (χ2n) is 8.86. The molecule has 1 saturated heterocycles. The molecule has 2 atom stereocenters. The SMILES string of the molecule is CC1CCC2(CC1)NC(=O)N(C[NH+]1CCc3sccc3[C@H]1C1CC1)C2=O. The maximum Gasteiger partial charge on any atom is 0.329 e. The summed E-state index contributed by atoms with van der Waals surface area (Å²) in [4.78, 5) is 30.3. The molecule has 3 amide bonds. The first-order valence-electron chi connectivity index (χ1n) is 10.1. The van der Waals surface area contributed by atoms with Gasteiger partial charge in [-0.15, -0.1) is 11.3 Å². The summed E-state index contributed by atoms with van der Waals surface area (Å²) in [7, 11) is 0. The number of fused-ring (bicyclic) bond motifs is 1.